The smallest absolute Gasteiger partial charge is 0.225 e. The standard InChI is InChI=1S/C19H31N5O/c25-19(16-7-3-1-4-8-16)23-13-11-22(12-14-23)15-18-21-20-17-9-5-2-6-10-24(17)18/h16H,1-15H2. The summed E-state index contributed by atoms with van der Waals surface area (Å²) in [5.41, 5.74) is 0. The summed E-state index contributed by atoms with van der Waals surface area (Å²) in [5.74, 6) is 2.99. The van der Waals surface area contributed by atoms with Gasteiger partial charge in [0.15, 0.2) is 0 Å². The van der Waals surface area contributed by atoms with Gasteiger partial charge in [0, 0.05) is 45.1 Å². The highest BCUT2D eigenvalue weighted by Crippen LogP contribution is 2.26. The molecule has 6 nitrogen and oxygen atoms in total. The van der Waals surface area contributed by atoms with Crippen LogP contribution in [0.25, 0.3) is 0 Å². The second kappa shape index (κ2) is 7.85. The minimum atomic E-state index is 0.299. The first-order valence-corrected chi connectivity index (χ1v) is 10.2. The van der Waals surface area contributed by atoms with Crippen LogP contribution in [0.5, 0.6) is 0 Å². The molecule has 1 aromatic heterocycles. The van der Waals surface area contributed by atoms with E-state index < -0.39 is 0 Å². The number of piperazine rings is 1. The van der Waals surface area contributed by atoms with E-state index in [1.165, 1.54) is 44.3 Å². The predicted octanol–water partition coefficient (Wildman–Crippen LogP) is 2.23. The van der Waals surface area contributed by atoms with Crippen molar-refractivity contribution in [3.8, 4) is 0 Å². The van der Waals surface area contributed by atoms with E-state index in [-0.39, 0.29) is 0 Å². The van der Waals surface area contributed by atoms with E-state index in [0.717, 1.165) is 64.4 Å². The summed E-state index contributed by atoms with van der Waals surface area (Å²) < 4.78 is 2.34. The molecule has 0 N–H and O–H groups in total. The molecular formula is C19H31N5O. The number of carbonyl (C=O) groups excluding carboxylic acids is 1. The number of amides is 1. The van der Waals surface area contributed by atoms with Gasteiger partial charge in [-0.1, -0.05) is 25.7 Å². The van der Waals surface area contributed by atoms with Gasteiger partial charge in [-0.25, -0.2) is 0 Å². The molecule has 1 amide bonds. The molecule has 3 aliphatic rings. The summed E-state index contributed by atoms with van der Waals surface area (Å²) in [4.78, 5) is 17.2. The molecule has 0 radical (unpaired) electrons. The Labute approximate surface area is 150 Å². The molecule has 1 saturated carbocycles. The van der Waals surface area contributed by atoms with Crippen molar-refractivity contribution in [2.75, 3.05) is 26.2 Å². The zero-order valence-electron chi connectivity index (χ0n) is 15.3. The first-order chi connectivity index (χ1) is 12.3. The highest BCUT2D eigenvalue weighted by atomic mass is 16.2. The van der Waals surface area contributed by atoms with Gasteiger partial charge in [0.2, 0.25) is 5.91 Å². The fourth-order valence-electron chi connectivity index (χ4n) is 4.60. The molecule has 0 atom stereocenters. The number of carbonyl (C=O) groups is 1. The molecule has 0 spiro atoms. The van der Waals surface area contributed by atoms with Gasteiger partial charge in [0.05, 0.1) is 6.54 Å². The lowest BCUT2D eigenvalue weighted by molar-refractivity contribution is -0.138. The van der Waals surface area contributed by atoms with Crippen molar-refractivity contribution in [1.29, 1.82) is 0 Å². The Hall–Kier alpha value is -1.43. The average molecular weight is 345 g/mol. The van der Waals surface area contributed by atoms with Crippen molar-refractivity contribution in [2.45, 2.75) is 70.9 Å². The quantitative estimate of drug-likeness (QED) is 0.843. The highest BCUT2D eigenvalue weighted by Gasteiger charge is 2.29. The highest BCUT2D eigenvalue weighted by molar-refractivity contribution is 5.79. The lowest BCUT2D eigenvalue weighted by atomic mass is 9.88. The van der Waals surface area contributed by atoms with Crippen molar-refractivity contribution in [1.82, 2.24) is 24.6 Å². The Kier molecular flexibility index (Phi) is 5.34. The summed E-state index contributed by atoms with van der Waals surface area (Å²) in [6.07, 6.45) is 10.8. The fourth-order valence-corrected chi connectivity index (χ4v) is 4.60. The molecule has 0 unspecified atom stereocenters. The van der Waals surface area contributed by atoms with Crippen LogP contribution in [0, 0.1) is 5.92 Å². The molecule has 2 aliphatic heterocycles. The minimum Gasteiger partial charge on any atom is -0.340 e. The third kappa shape index (κ3) is 3.89. The Morgan fingerprint density at radius 1 is 0.880 bits per heavy atom. The molecule has 138 valence electrons. The van der Waals surface area contributed by atoms with E-state index in [4.69, 9.17) is 0 Å². The van der Waals surface area contributed by atoms with Gasteiger partial charge in [-0.3, -0.25) is 9.69 Å². The minimum absolute atomic E-state index is 0.299. The van der Waals surface area contributed by atoms with E-state index in [9.17, 15) is 4.79 Å². The summed E-state index contributed by atoms with van der Waals surface area (Å²) in [7, 11) is 0. The second-order valence-electron chi connectivity index (χ2n) is 7.93. The number of rotatable bonds is 3. The van der Waals surface area contributed by atoms with Gasteiger partial charge >= 0.3 is 0 Å². The summed E-state index contributed by atoms with van der Waals surface area (Å²) >= 11 is 0. The van der Waals surface area contributed by atoms with Gasteiger partial charge in [-0.2, -0.15) is 0 Å². The third-order valence-corrected chi connectivity index (χ3v) is 6.19. The van der Waals surface area contributed by atoms with Gasteiger partial charge in [-0.15, -0.1) is 10.2 Å². The third-order valence-electron chi connectivity index (χ3n) is 6.19. The van der Waals surface area contributed by atoms with Crippen LogP contribution in [0.1, 0.15) is 63.0 Å². The number of nitrogens with zero attached hydrogens (tertiary/aromatic N) is 5. The largest absolute Gasteiger partial charge is 0.340 e. The first-order valence-electron chi connectivity index (χ1n) is 10.2. The predicted molar refractivity (Wildman–Crippen MR) is 96.0 cm³/mol. The molecule has 4 rings (SSSR count). The molecule has 25 heavy (non-hydrogen) atoms. The number of aryl methyl sites for hydroxylation is 1. The topological polar surface area (TPSA) is 54.3 Å². The number of aromatic nitrogens is 3. The molecule has 3 heterocycles. The van der Waals surface area contributed by atoms with Crippen molar-refractivity contribution >= 4 is 5.91 Å². The number of hydrogen-bond donors (Lipinski definition) is 0. The zero-order valence-corrected chi connectivity index (χ0v) is 15.3. The molecular weight excluding hydrogens is 314 g/mol. The Morgan fingerprint density at radius 3 is 2.44 bits per heavy atom. The summed E-state index contributed by atoms with van der Waals surface area (Å²) in [5, 5.41) is 8.86. The SMILES string of the molecule is O=C(C1CCCCC1)N1CCN(Cc2nnc3n2CCCCC3)CC1. The van der Waals surface area contributed by atoms with Crippen LogP contribution in [0.3, 0.4) is 0 Å². The van der Waals surface area contributed by atoms with Crippen LogP contribution in [0.2, 0.25) is 0 Å². The summed E-state index contributed by atoms with van der Waals surface area (Å²) in [6, 6.07) is 0. The van der Waals surface area contributed by atoms with Crippen LogP contribution in [0.4, 0.5) is 0 Å². The molecule has 1 aromatic rings. The van der Waals surface area contributed by atoms with E-state index in [1.807, 2.05) is 0 Å². The van der Waals surface area contributed by atoms with Crippen LogP contribution in [-0.4, -0.2) is 56.7 Å². The van der Waals surface area contributed by atoms with Crippen LogP contribution >= 0.6 is 0 Å². The van der Waals surface area contributed by atoms with E-state index in [2.05, 4.69) is 24.6 Å². The Bertz CT molecular complexity index is 585. The van der Waals surface area contributed by atoms with Gasteiger partial charge in [-0.05, 0) is 25.7 Å². The van der Waals surface area contributed by atoms with Crippen molar-refractivity contribution in [3.63, 3.8) is 0 Å². The molecule has 0 aromatic carbocycles. The average Bonchev–Trinajstić information content (AvgIpc) is 2.89. The zero-order chi connectivity index (χ0) is 17.1. The maximum absolute atomic E-state index is 12.7. The van der Waals surface area contributed by atoms with Crippen LogP contribution < -0.4 is 0 Å². The lowest BCUT2D eigenvalue weighted by Gasteiger charge is -2.37. The molecule has 1 aliphatic carbocycles. The normalized spacial score (nSPS) is 23.3. The number of hydrogen-bond acceptors (Lipinski definition) is 4. The number of fused-ring (bicyclic) bond motifs is 1. The Balaban J connectivity index is 1.30. The Morgan fingerprint density at radius 2 is 1.64 bits per heavy atom. The second-order valence-corrected chi connectivity index (χ2v) is 7.93. The van der Waals surface area contributed by atoms with Crippen molar-refractivity contribution < 1.29 is 4.79 Å². The van der Waals surface area contributed by atoms with Crippen molar-refractivity contribution in [2.24, 2.45) is 5.92 Å². The van der Waals surface area contributed by atoms with E-state index >= 15 is 0 Å². The molecule has 1 saturated heterocycles. The lowest BCUT2D eigenvalue weighted by Crippen LogP contribution is -2.50. The molecule has 6 heteroatoms. The van der Waals surface area contributed by atoms with Crippen LogP contribution in [0.15, 0.2) is 0 Å². The maximum atomic E-state index is 12.7. The first kappa shape index (κ1) is 17.0. The van der Waals surface area contributed by atoms with Gasteiger partial charge in [0.25, 0.3) is 0 Å². The maximum Gasteiger partial charge on any atom is 0.225 e. The van der Waals surface area contributed by atoms with E-state index in [0.29, 0.717) is 11.8 Å². The van der Waals surface area contributed by atoms with Crippen molar-refractivity contribution in [3.05, 3.63) is 11.6 Å². The van der Waals surface area contributed by atoms with E-state index in [1.54, 1.807) is 0 Å². The van der Waals surface area contributed by atoms with Gasteiger partial charge < -0.3 is 9.47 Å². The summed E-state index contributed by atoms with van der Waals surface area (Å²) in [6.45, 7) is 5.60. The fraction of sp³-hybridized carbons (Fsp3) is 0.842. The molecule has 2 fully saturated rings. The van der Waals surface area contributed by atoms with Gasteiger partial charge in [0.1, 0.15) is 11.6 Å². The molecule has 0 bridgehead atoms. The monoisotopic (exact) mass is 345 g/mol. The van der Waals surface area contributed by atoms with Crippen LogP contribution in [-0.2, 0) is 24.3 Å².